The van der Waals surface area contributed by atoms with E-state index in [0.717, 1.165) is 63.5 Å². The van der Waals surface area contributed by atoms with Crippen molar-refractivity contribution in [1.82, 2.24) is 0 Å². The highest BCUT2D eigenvalue weighted by molar-refractivity contribution is 7.85. The fourth-order valence-corrected chi connectivity index (χ4v) is 9.66. The van der Waals surface area contributed by atoms with Crippen LogP contribution in [0.3, 0.4) is 0 Å². The zero-order chi connectivity index (χ0) is 20.1. The Morgan fingerprint density at radius 3 is 2.61 bits per heavy atom. The molecule has 5 heteroatoms. The summed E-state index contributed by atoms with van der Waals surface area (Å²) in [5.41, 5.74) is 5.75. The molecule has 0 aromatic carbocycles. The summed E-state index contributed by atoms with van der Waals surface area (Å²) in [6.07, 6.45) is 9.12. The molecule has 4 rings (SSSR count). The first-order chi connectivity index (χ1) is 13.3. The molecule has 2 unspecified atom stereocenters. The van der Waals surface area contributed by atoms with Crippen molar-refractivity contribution in [2.45, 2.75) is 76.9 Å². The second kappa shape index (κ2) is 7.77. The van der Waals surface area contributed by atoms with Crippen LogP contribution >= 0.6 is 0 Å². The molecule has 3 N–H and O–H groups in total. The van der Waals surface area contributed by atoms with Gasteiger partial charge in [0.05, 0.1) is 0 Å². The summed E-state index contributed by atoms with van der Waals surface area (Å²) >= 11 is 0. The first kappa shape index (κ1) is 21.0. The van der Waals surface area contributed by atoms with Gasteiger partial charge in [-0.1, -0.05) is 13.8 Å². The third-order valence-electron chi connectivity index (χ3n) is 9.66. The molecule has 4 nitrogen and oxygen atoms in total. The topological polar surface area (TPSA) is 80.4 Å². The standard InChI is InChI=1S/C23H39NO3S/c1-22-8-6-16(28(27)11-3-10-24)13-20(22)15(14-25)12-17-18-4-5-21(26)23(18,2)9-7-19(17)22/h15-20,25H,3-14,24H2,1-2H3/t15-,16+,17+,18+,19+,20?,22-,23+,28?/m1/s1. The van der Waals surface area contributed by atoms with Crippen LogP contribution in [0.5, 0.6) is 0 Å². The van der Waals surface area contributed by atoms with Gasteiger partial charge in [-0.3, -0.25) is 9.00 Å². The number of nitrogens with two attached hydrogens (primary N) is 1. The lowest BCUT2D eigenvalue weighted by Gasteiger charge is -2.62. The minimum Gasteiger partial charge on any atom is -0.396 e. The van der Waals surface area contributed by atoms with E-state index >= 15 is 0 Å². The monoisotopic (exact) mass is 409 g/mol. The van der Waals surface area contributed by atoms with Crippen LogP contribution in [0.1, 0.15) is 71.6 Å². The number of aliphatic hydroxyl groups excluding tert-OH is 1. The van der Waals surface area contributed by atoms with Gasteiger partial charge in [0.2, 0.25) is 0 Å². The molecule has 4 fully saturated rings. The predicted octanol–water partition coefficient (Wildman–Crippen LogP) is 3.28. The van der Waals surface area contributed by atoms with Gasteiger partial charge in [0, 0.05) is 40.2 Å². The predicted molar refractivity (Wildman–Crippen MR) is 113 cm³/mol. The summed E-state index contributed by atoms with van der Waals surface area (Å²) in [5, 5.41) is 10.6. The third-order valence-corrected chi connectivity index (χ3v) is 11.5. The summed E-state index contributed by atoms with van der Waals surface area (Å²) in [4.78, 5) is 12.6. The van der Waals surface area contributed by atoms with Gasteiger partial charge in [0.25, 0.3) is 0 Å². The van der Waals surface area contributed by atoms with E-state index in [1.54, 1.807) is 0 Å². The third kappa shape index (κ3) is 3.15. The number of hydrogen-bond donors (Lipinski definition) is 2. The first-order valence-corrected chi connectivity index (χ1v) is 12.9. The average Bonchev–Trinajstić information content (AvgIpc) is 2.99. The van der Waals surface area contributed by atoms with E-state index in [0.29, 0.717) is 41.9 Å². The molecule has 0 aliphatic heterocycles. The minimum absolute atomic E-state index is 0.106. The summed E-state index contributed by atoms with van der Waals surface area (Å²) in [5.74, 6) is 3.76. The lowest BCUT2D eigenvalue weighted by molar-refractivity contribution is -0.149. The zero-order valence-electron chi connectivity index (χ0n) is 17.7. The summed E-state index contributed by atoms with van der Waals surface area (Å²) < 4.78 is 12.8. The van der Waals surface area contributed by atoms with Crippen LogP contribution in [-0.2, 0) is 15.6 Å². The van der Waals surface area contributed by atoms with Gasteiger partial charge in [-0.05, 0) is 92.9 Å². The van der Waals surface area contributed by atoms with Gasteiger partial charge in [0.15, 0.2) is 0 Å². The van der Waals surface area contributed by atoms with Crippen LogP contribution in [-0.4, -0.2) is 39.3 Å². The number of fused-ring (bicyclic) bond motifs is 5. The Hall–Kier alpha value is -0.260. The first-order valence-electron chi connectivity index (χ1n) is 11.6. The Bertz CT molecular complexity index is 639. The van der Waals surface area contributed by atoms with Gasteiger partial charge in [-0.15, -0.1) is 0 Å². The van der Waals surface area contributed by atoms with Crippen molar-refractivity contribution < 1.29 is 14.1 Å². The van der Waals surface area contributed by atoms with E-state index in [1.807, 2.05) is 0 Å². The van der Waals surface area contributed by atoms with Gasteiger partial charge >= 0.3 is 0 Å². The van der Waals surface area contributed by atoms with Crippen molar-refractivity contribution in [3.63, 3.8) is 0 Å². The molecule has 0 bridgehead atoms. The van der Waals surface area contributed by atoms with Gasteiger partial charge in [0.1, 0.15) is 5.78 Å². The van der Waals surface area contributed by atoms with E-state index < -0.39 is 10.8 Å². The summed E-state index contributed by atoms with van der Waals surface area (Å²) in [6.45, 7) is 5.54. The van der Waals surface area contributed by atoms with E-state index in [2.05, 4.69) is 13.8 Å². The van der Waals surface area contributed by atoms with Crippen LogP contribution in [0, 0.1) is 40.4 Å². The fourth-order valence-electron chi connectivity index (χ4n) is 8.07. The molecule has 28 heavy (non-hydrogen) atoms. The number of carbonyl (C=O) groups is 1. The lowest BCUT2D eigenvalue weighted by atomic mass is 9.43. The van der Waals surface area contributed by atoms with Crippen LogP contribution in [0.15, 0.2) is 0 Å². The number of hydrogen-bond acceptors (Lipinski definition) is 4. The van der Waals surface area contributed by atoms with Crippen molar-refractivity contribution >= 4 is 16.6 Å². The van der Waals surface area contributed by atoms with Crippen molar-refractivity contribution in [3.8, 4) is 0 Å². The number of carbonyl (C=O) groups excluding carboxylic acids is 1. The van der Waals surface area contributed by atoms with Gasteiger partial charge in [-0.2, -0.15) is 0 Å². The maximum absolute atomic E-state index is 12.8. The van der Waals surface area contributed by atoms with Gasteiger partial charge in [-0.25, -0.2) is 0 Å². The molecule has 0 heterocycles. The maximum atomic E-state index is 12.8. The number of aliphatic hydroxyl groups is 1. The lowest BCUT2D eigenvalue weighted by Crippen LogP contribution is -2.57. The molecule has 0 aromatic heterocycles. The highest BCUT2D eigenvalue weighted by Gasteiger charge is 2.62. The Balaban J connectivity index is 1.57. The normalized spacial score (nSPS) is 49.2. The maximum Gasteiger partial charge on any atom is 0.139 e. The second-order valence-electron chi connectivity index (χ2n) is 10.7. The molecule has 4 saturated carbocycles. The second-order valence-corrected chi connectivity index (χ2v) is 12.5. The van der Waals surface area contributed by atoms with E-state index in [1.165, 1.54) is 0 Å². The molecule has 0 amide bonds. The molecule has 9 atom stereocenters. The zero-order valence-corrected chi connectivity index (χ0v) is 18.5. The molecular formula is C23H39NO3S. The Morgan fingerprint density at radius 1 is 1.11 bits per heavy atom. The van der Waals surface area contributed by atoms with Crippen LogP contribution in [0.2, 0.25) is 0 Å². The molecular weight excluding hydrogens is 370 g/mol. The number of rotatable bonds is 5. The Morgan fingerprint density at radius 2 is 1.89 bits per heavy atom. The number of ketones is 1. The average molecular weight is 410 g/mol. The van der Waals surface area contributed by atoms with E-state index in [9.17, 15) is 14.1 Å². The van der Waals surface area contributed by atoms with Gasteiger partial charge < -0.3 is 10.8 Å². The molecule has 0 saturated heterocycles. The van der Waals surface area contributed by atoms with E-state index in [-0.39, 0.29) is 22.7 Å². The smallest absolute Gasteiger partial charge is 0.139 e. The highest BCUT2D eigenvalue weighted by Crippen LogP contribution is 2.66. The molecule has 0 aromatic rings. The SMILES string of the molecule is C[C@]12CC[C@H](S(=O)CCCN)CC1[C@@H](CO)C[C@@H]1[C@@H]2CC[C@]2(C)C(=O)CC[C@@H]12. The number of Topliss-reactive ketones (excluding diaryl/α,β-unsaturated/α-hetero) is 1. The Kier molecular flexibility index (Phi) is 5.83. The van der Waals surface area contributed by atoms with Crippen molar-refractivity contribution in [3.05, 3.63) is 0 Å². The van der Waals surface area contributed by atoms with Crippen molar-refractivity contribution in [1.29, 1.82) is 0 Å². The fraction of sp³-hybridized carbons (Fsp3) is 0.957. The minimum atomic E-state index is -0.789. The largest absolute Gasteiger partial charge is 0.396 e. The van der Waals surface area contributed by atoms with Crippen molar-refractivity contribution in [2.75, 3.05) is 18.9 Å². The van der Waals surface area contributed by atoms with Crippen LogP contribution in [0.4, 0.5) is 0 Å². The molecule has 4 aliphatic carbocycles. The Labute approximate surface area is 172 Å². The van der Waals surface area contributed by atoms with Crippen molar-refractivity contribution in [2.24, 2.45) is 46.2 Å². The quantitative estimate of drug-likeness (QED) is 0.730. The summed E-state index contributed by atoms with van der Waals surface area (Å²) in [7, 11) is -0.789. The molecule has 0 spiro atoms. The molecule has 0 radical (unpaired) electrons. The highest BCUT2D eigenvalue weighted by atomic mass is 32.2. The summed E-state index contributed by atoms with van der Waals surface area (Å²) in [6, 6.07) is 0. The van der Waals surface area contributed by atoms with Crippen LogP contribution in [0.25, 0.3) is 0 Å². The van der Waals surface area contributed by atoms with Crippen LogP contribution < -0.4 is 5.73 Å². The van der Waals surface area contributed by atoms with E-state index in [4.69, 9.17) is 5.73 Å². The molecule has 4 aliphatic rings. The molecule has 160 valence electrons.